The quantitative estimate of drug-likeness (QED) is 0.832. The van der Waals surface area contributed by atoms with Crippen LogP contribution in [0.4, 0.5) is 16.2 Å². The molecule has 0 unspecified atom stereocenters. The average Bonchev–Trinajstić information content (AvgIpc) is 2.83. The van der Waals surface area contributed by atoms with Crippen LogP contribution in [-0.2, 0) is 4.74 Å². The number of carbonyl (C=O) groups excluding carboxylic acids is 1. The van der Waals surface area contributed by atoms with Crippen LogP contribution in [0, 0.1) is 0 Å². The normalized spacial score (nSPS) is 14.9. The summed E-state index contributed by atoms with van der Waals surface area (Å²) in [6.07, 6.45) is 2.10. The van der Waals surface area contributed by atoms with Gasteiger partial charge in [0.1, 0.15) is 0 Å². The molecule has 0 aromatic heterocycles. The van der Waals surface area contributed by atoms with Gasteiger partial charge >= 0.3 is 6.09 Å². The van der Waals surface area contributed by atoms with Crippen molar-refractivity contribution < 1.29 is 9.53 Å². The summed E-state index contributed by atoms with van der Waals surface area (Å²) in [5.74, 6) is 0. The van der Waals surface area contributed by atoms with Gasteiger partial charge in [0.2, 0.25) is 0 Å². The number of rotatable bonds is 2. The number of methoxy groups -OCH3 is 1. The average molecular weight is 220 g/mol. The summed E-state index contributed by atoms with van der Waals surface area (Å²) >= 11 is 0. The number of nitrogens with zero attached hydrogens (tertiary/aromatic N) is 1. The topological polar surface area (TPSA) is 41.6 Å². The molecule has 1 fully saturated rings. The van der Waals surface area contributed by atoms with Gasteiger partial charge in [0.15, 0.2) is 0 Å². The lowest BCUT2D eigenvalue weighted by molar-refractivity contribution is 0.187. The third-order valence-corrected chi connectivity index (χ3v) is 2.77. The Hall–Kier alpha value is -1.71. The number of benzene rings is 1. The first-order valence-corrected chi connectivity index (χ1v) is 5.49. The van der Waals surface area contributed by atoms with Crippen molar-refractivity contribution in [3.63, 3.8) is 0 Å². The number of hydrogen-bond donors (Lipinski definition) is 1. The third-order valence-electron chi connectivity index (χ3n) is 2.77. The van der Waals surface area contributed by atoms with Crippen LogP contribution in [0.2, 0.25) is 0 Å². The molecule has 4 nitrogen and oxygen atoms in total. The van der Waals surface area contributed by atoms with Crippen LogP contribution in [0.15, 0.2) is 24.3 Å². The number of nitrogens with one attached hydrogen (secondary N) is 1. The number of hydrogen-bond acceptors (Lipinski definition) is 3. The molecular formula is C12H16N2O2. The zero-order valence-electron chi connectivity index (χ0n) is 9.40. The van der Waals surface area contributed by atoms with Crippen LogP contribution in [-0.4, -0.2) is 26.3 Å². The summed E-state index contributed by atoms with van der Waals surface area (Å²) in [6.45, 7) is 2.26. The third kappa shape index (κ3) is 2.45. The fourth-order valence-corrected chi connectivity index (χ4v) is 1.90. The van der Waals surface area contributed by atoms with E-state index in [4.69, 9.17) is 0 Å². The first kappa shape index (κ1) is 10.8. The van der Waals surface area contributed by atoms with Gasteiger partial charge in [0, 0.05) is 24.5 Å². The van der Waals surface area contributed by atoms with E-state index in [1.54, 1.807) is 0 Å². The smallest absolute Gasteiger partial charge is 0.411 e. The molecule has 16 heavy (non-hydrogen) atoms. The lowest BCUT2D eigenvalue weighted by atomic mass is 10.2. The van der Waals surface area contributed by atoms with E-state index in [1.807, 2.05) is 24.3 Å². The highest BCUT2D eigenvalue weighted by molar-refractivity contribution is 5.84. The van der Waals surface area contributed by atoms with Gasteiger partial charge in [-0.15, -0.1) is 0 Å². The molecule has 1 heterocycles. The number of amides is 1. The lowest BCUT2D eigenvalue weighted by Crippen LogP contribution is -2.17. The molecule has 1 N–H and O–H groups in total. The van der Waals surface area contributed by atoms with Gasteiger partial charge in [0.05, 0.1) is 7.11 Å². The highest BCUT2D eigenvalue weighted by Gasteiger charge is 2.11. The summed E-state index contributed by atoms with van der Waals surface area (Å²) in [7, 11) is 1.36. The summed E-state index contributed by atoms with van der Waals surface area (Å²) in [6, 6.07) is 7.84. The van der Waals surface area contributed by atoms with Crippen molar-refractivity contribution in [2.45, 2.75) is 12.8 Å². The maximum Gasteiger partial charge on any atom is 0.411 e. The van der Waals surface area contributed by atoms with Crippen LogP contribution in [0.1, 0.15) is 12.8 Å². The molecule has 1 amide bonds. The van der Waals surface area contributed by atoms with E-state index >= 15 is 0 Å². The highest BCUT2D eigenvalue weighted by atomic mass is 16.5. The second-order valence-electron chi connectivity index (χ2n) is 3.86. The highest BCUT2D eigenvalue weighted by Crippen LogP contribution is 2.21. The van der Waals surface area contributed by atoms with E-state index in [0.717, 1.165) is 18.8 Å². The van der Waals surface area contributed by atoms with Gasteiger partial charge in [-0.1, -0.05) is 0 Å². The Morgan fingerprint density at radius 3 is 2.44 bits per heavy atom. The minimum absolute atomic E-state index is 0.436. The molecule has 0 radical (unpaired) electrons. The van der Waals surface area contributed by atoms with Crippen LogP contribution >= 0.6 is 0 Å². The van der Waals surface area contributed by atoms with Crippen molar-refractivity contribution in [1.82, 2.24) is 0 Å². The van der Waals surface area contributed by atoms with Gasteiger partial charge in [-0.25, -0.2) is 4.79 Å². The Kier molecular flexibility index (Phi) is 3.29. The van der Waals surface area contributed by atoms with Crippen molar-refractivity contribution in [3.8, 4) is 0 Å². The molecule has 2 rings (SSSR count). The zero-order valence-corrected chi connectivity index (χ0v) is 9.40. The molecule has 86 valence electrons. The summed E-state index contributed by atoms with van der Waals surface area (Å²) < 4.78 is 4.52. The SMILES string of the molecule is COC(=O)Nc1ccc(N2CCCC2)cc1. The molecule has 4 heteroatoms. The fraction of sp³-hybridized carbons (Fsp3) is 0.417. The minimum atomic E-state index is -0.436. The fourth-order valence-electron chi connectivity index (χ4n) is 1.90. The Morgan fingerprint density at radius 1 is 1.25 bits per heavy atom. The van der Waals surface area contributed by atoms with E-state index in [9.17, 15) is 4.79 Å². The maximum atomic E-state index is 11.0. The first-order valence-electron chi connectivity index (χ1n) is 5.49. The number of anilines is 2. The second-order valence-corrected chi connectivity index (χ2v) is 3.86. The van der Waals surface area contributed by atoms with Crippen LogP contribution in [0.25, 0.3) is 0 Å². The van der Waals surface area contributed by atoms with E-state index < -0.39 is 6.09 Å². The van der Waals surface area contributed by atoms with E-state index in [2.05, 4.69) is 15.0 Å². The zero-order chi connectivity index (χ0) is 11.4. The Labute approximate surface area is 95.2 Å². The molecular weight excluding hydrogens is 204 g/mol. The summed E-state index contributed by atoms with van der Waals surface area (Å²) in [4.78, 5) is 13.3. The van der Waals surface area contributed by atoms with Crippen molar-refractivity contribution in [1.29, 1.82) is 0 Å². The monoisotopic (exact) mass is 220 g/mol. The van der Waals surface area contributed by atoms with E-state index in [1.165, 1.54) is 25.6 Å². The number of ether oxygens (including phenoxy) is 1. The Bertz CT molecular complexity index is 356. The number of carbonyl (C=O) groups is 1. The van der Waals surface area contributed by atoms with Gasteiger partial charge in [0.25, 0.3) is 0 Å². The standard InChI is InChI=1S/C12H16N2O2/c1-16-12(15)13-10-4-6-11(7-5-10)14-8-2-3-9-14/h4-7H,2-3,8-9H2,1H3,(H,13,15). The molecule has 0 saturated carbocycles. The van der Waals surface area contributed by atoms with Gasteiger partial charge in [-0.3, -0.25) is 5.32 Å². The molecule has 0 spiro atoms. The molecule has 1 aromatic carbocycles. The molecule has 0 aliphatic carbocycles. The molecule has 1 aromatic rings. The molecule has 1 aliphatic heterocycles. The van der Waals surface area contributed by atoms with Crippen molar-refractivity contribution in [2.75, 3.05) is 30.4 Å². The summed E-state index contributed by atoms with van der Waals surface area (Å²) in [5.41, 5.74) is 1.97. The van der Waals surface area contributed by atoms with Crippen LogP contribution < -0.4 is 10.2 Å². The van der Waals surface area contributed by atoms with Crippen molar-refractivity contribution in [3.05, 3.63) is 24.3 Å². The molecule has 1 aliphatic rings. The maximum absolute atomic E-state index is 11.0. The van der Waals surface area contributed by atoms with Crippen molar-refractivity contribution in [2.24, 2.45) is 0 Å². The molecule has 0 bridgehead atoms. The van der Waals surface area contributed by atoms with E-state index in [-0.39, 0.29) is 0 Å². The van der Waals surface area contributed by atoms with Crippen molar-refractivity contribution >= 4 is 17.5 Å². The van der Waals surface area contributed by atoms with E-state index in [0.29, 0.717) is 0 Å². The summed E-state index contributed by atoms with van der Waals surface area (Å²) in [5, 5.41) is 2.63. The second kappa shape index (κ2) is 4.88. The largest absolute Gasteiger partial charge is 0.453 e. The van der Waals surface area contributed by atoms with Crippen LogP contribution in [0.5, 0.6) is 0 Å². The lowest BCUT2D eigenvalue weighted by Gasteiger charge is -2.17. The Balaban J connectivity index is 2.01. The van der Waals surface area contributed by atoms with Gasteiger partial charge in [-0.05, 0) is 37.1 Å². The predicted octanol–water partition coefficient (Wildman–Crippen LogP) is 2.47. The molecule has 0 atom stereocenters. The Morgan fingerprint density at radius 2 is 1.88 bits per heavy atom. The minimum Gasteiger partial charge on any atom is -0.453 e. The van der Waals surface area contributed by atoms with Crippen LogP contribution in [0.3, 0.4) is 0 Å². The predicted molar refractivity (Wildman–Crippen MR) is 63.9 cm³/mol. The first-order chi connectivity index (χ1) is 7.79. The van der Waals surface area contributed by atoms with Gasteiger partial charge in [-0.2, -0.15) is 0 Å². The molecule has 1 saturated heterocycles. The van der Waals surface area contributed by atoms with Gasteiger partial charge < -0.3 is 9.64 Å².